The highest BCUT2D eigenvalue weighted by Crippen LogP contribution is 2.25. The molecule has 26 heavy (non-hydrogen) atoms. The van der Waals surface area contributed by atoms with E-state index in [2.05, 4.69) is 30.0 Å². The number of nitrogens with one attached hydrogen (secondary N) is 1. The molecule has 0 radical (unpaired) electrons. The van der Waals surface area contributed by atoms with Gasteiger partial charge < -0.3 is 4.74 Å². The lowest BCUT2D eigenvalue weighted by molar-refractivity contribution is 0.196. The zero-order valence-electron chi connectivity index (χ0n) is 14.8. The molecule has 7 heteroatoms. The number of rotatable bonds is 5. The van der Waals surface area contributed by atoms with Crippen molar-refractivity contribution >= 4 is 0 Å². The van der Waals surface area contributed by atoms with Gasteiger partial charge in [-0.1, -0.05) is 0 Å². The van der Waals surface area contributed by atoms with Crippen molar-refractivity contribution in [3.05, 3.63) is 54.4 Å². The molecule has 1 aliphatic rings. The van der Waals surface area contributed by atoms with Crippen molar-refractivity contribution < 1.29 is 4.74 Å². The zero-order chi connectivity index (χ0) is 17.8. The molecule has 2 aromatic heterocycles. The van der Waals surface area contributed by atoms with Gasteiger partial charge in [-0.3, -0.25) is 10.00 Å². The number of aromatic nitrogens is 5. The van der Waals surface area contributed by atoms with E-state index in [0.717, 1.165) is 61.0 Å². The van der Waals surface area contributed by atoms with Gasteiger partial charge in [-0.2, -0.15) is 5.10 Å². The van der Waals surface area contributed by atoms with Crippen LogP contribution in [-0.2, 0) is 6.54 Å². The average Bonchev–Trinajstić information content (AvgIpc) is 3.24. The normalized spacial score (nSPS) is 18.0. The van der Waals surface area contributed by atoms with E-state index in [1.54, 1.807) is 13.4 Å². The van der Waals surface area contributed by atoms with Gasteiger partial charge in [0.25, 0.3) is 0 Å². The smallest absolute Gasteiger partial charge is 0.159 e. The van der Waals surface area contributed by atoms with E-state index < -0.39 is 0 Å². The molecule has 1 fully saturated rings. The van der Waals surface area contributed by atoms with Gasteiger partial charge in [0, 0.05) is 42.5 Å². The zero-order valence-corrected chi connectivity index (χ0v) is 14.8. The lowest BCUT2D eigenvalue weighted by atomic mass is 9.97. The fourth-order valence-corrected chi connectivity index (χ4v) is 3.42. The fraction of sp³-hybridized carbons (Fsp3) is 0.368. The monoisotopic (exact) mass is 350 g/mol. The van der Waals surface area contributed by atoms with Crippen LogP contribution >= 0.6 is 0 Å². The van der Waals surface area contributed by atoms with Gasteiger partial charge in [-0.25, -0.2) is 15.0 Å². The molecule has 0 amide bonds. The van der Waals surface area contributed by atoms with Gasteiger partial charge in [0.1, 0.15) is 17.9 Å². The first-order valence-electron chi connectivity index (χ1n) is 8.85. The van der Waals surface area contributed by atoms with E-state index in [0.29, 0.717) is 5.92 Å². The molecule has 134 valence electrons. The van der Waals surface area contributed by atoms with E-state index >= 15 is 0 Å². The van der Waals surface area contributed by atoms with Crippen molar-refractivity contribution in [2.45, 2.75) is 25.3 Å². The summed E-state index contributed by atoms with van der Waals surface area (Å²) < 4.78 is 5.19. The standard InChI is InChI=1S/C19H22N6O/c1-26-17-6-4-15(5-7-17)18-20-9-14(10-21-18)11-25-8-2-3-16(12-25)19-22-13-23-24-19/h4-7,9-10,13,16H,2-3,8,11-12H2,1H3,(H,22,23,24). The Balaban J connectivity index is 1.40. The number of H-pyrrole nitrogens is 1. The molecule has 1 saturated heterocycles. The van der Waals surface area contributed by atoms with Gasteiger partial charge in [0.2, 0.25) is 0 Å². The van der Waals surface area contributed by atoms with Crippen molar-refractivity contribution in [2.24, 2.45) is 0 Å². The Kier molecular flexibility index (Phi) is 4.88. The van der Waals surface area contributed by atoms with Crippen LogP contribution in [0, 0.1) is 0 Å². The Morgan fingerprint density at radius 3 is 2.65 bits per heavy atom. The van der Waals surface area contributed by atoms with Crippen LogP contribution in [0.15, 0.2) is 43.0 Å². The van der Waals surface area contributed by atoms with Gasteiger partial charge in [-0.15, -0.1) is 0 Å². The summed E-state index contributed by atoms with van der Waals surface area (Å²) >= 11 is 0. The Morgan fingerprint density at radius 1 is 1.15 bits per heavy atom. The predicted octanol–water partition coefficient (Wildman–Crippen LogP) is 2.65. The molecule has 1 aromatic carbocycles. The summed E-state index contributed by atoms with van der Waals surface area (Å²) in [5, 5.41) is 6.98. The van der Waals surface area contributed by atoms with Crippen molar-refractivity contribution in [3.63, 3.8) is 0 Å². The van der Waals surface area contributed by atoms with Crippen LogP contribution in [-0.4, -0.2) is 50.2 Å². The molecule has 1 aliphatic heterocycles. The third-order valence-electron chi connectivity index (χ3n) is 4.79. The van der Waals surface area contributed by atoms with Gasteiger partial charge in [0.05, 0.1) is 7.11 Å². The quantitative estimate of drug-likeness (QED) is 0.762. The number of hydrogen-bond acceptors (Lipinski definition) is 6. The first kappa shape index (κ1) is 16.7. The SMILES string of the molecule is COc1ccc(-c2ncc(CN3CCCC(c4ncn[nH]4)C3)cn2)cc1. The summed E-state index contributed by atoms with van der Waals surface area (Å²) in [5.74, 6) is 2.97. The third-order valence-corrected chi connectivity index (χ3v) is 4.79. The molecule has 0 saturated carbocycles. The van der Waals surface area contributed by atoms with Crippen molar-refractivity contribution in [2.75, 3.05) is 20.2 Å². The highest BCUT2D eigenvalue weighted by Gasteiger charge is 2.23. The summed E-state index contributed by atoms with van der Waals surface area (Å²) in [5.41, 5.74) is 2.11. The fourth-order valence-electron chi connectivity index (χ4n) is 3.42. The van der Waals surface area contributed by atoms with Crippen LogP contribution in [0.1, 0.15) is 30.1 Å². The van der Waals surface area contributed by atoms with Crippen LogP contribution in [0.5, 0.6) is 5.75 Å². The minimum Gasteiger partial charge on any atom is -0.497 e. The van der Waals surface area contributed by atoms with E-state index in [4.69, 9.17) is 4.74 Å². The minimum atomic E-state index is 0.422. The second-order valence-electron chi connectivity index (χ2n) is 6.59. The topological polar surface area (TPSA) is 79.8 Å². The van der Waals surface area contributed by atoms with E-state index in [1.165, 1.54) is 0 Å². The lowest BCUT2D eigenvalue weighted by Crippen LogP contribution is -2.34. The van der Waals surface area contributed by atoms with Crippen molar-refractivity contribution in [3.8, 4) is 17.1 Å². The molecule has 0 bridgehead atoms. The van der Waals surface area contributed by atoms with Crippen molar-refractivity contribution in [1.29, 1.82) is 0 Å². The summed E-state index contributed by atoms with van der Waals surface area (Å²) in [4.78, 5) is 15.8. The van der Waals surface area contributed by atoms with E-state index in [9.17, 15) is 0 Å². The molecule has 1 unspecified atom stereocenters. The molecule has 1 N–H and O–H groups in total. The highest BCUT2D eigenvalue weighted by molar-refractivity contribution is 5.55. The molecule has 3 heterocycles. The van der Waals surface area contributed by atoms with Crippen molar-refractivity contribution in [1.82, 2.24) is 30.0 Å². The number of methoxy groups -OCH3 is 1. The highest BCUT2D eigenvalue weighted by atomic mass is 16.5. The largest absolute Gasteiger partial charge is 0.497 e. The Labute approximate surface area is 152 Å². The number of likely N-dealkylation sites (tertiary alicyclic amines) is 1. The molecule has 3 aromatic rings. The first-order valence-corrected chi connectivity index (χ1v) is 8.85. The second-order valence-corrected chi connectivity index (χ2v) is 6.59. The summed E-state index contributed by atoms with van der Waals surface area (Å²) in [6.07, 6.45) is 7.74. The maximum atomic E-state index is 5.19. The number of hydrogen-bond donors (Lipinski definition) is 1. The van der Waals surface area contributed by atoms with Crippen LogP contribution in [0.4, 0.5) is 0 Å². The van der Waals surface area contributed by atoms with Crippen LogP contribution in [0.2, 0.25) is 0 Å². The number of ether oxygens (including phenoxy) is 1. The maximum Gasteiger partial charge on any atom is 0.159 e. The van der Waals surface area contributed by atoms with Crippen LogP contribution in [0.3, 0.4) is 0 Å². The maximum absolute atomic E-state index is 5.19. The number of benzene rings is 1. The van der Waals surface area contributed by atoms with Gasteiger partial charge >= 0.3 is 0 Å². The lowest BCUT2D eigenvalue weighted by Gasteiger charge is -2.31. The summed E-state index contributed by atoms with van der Waals surface area (Å²) in [7, 11) is 1.66. The van der Waals surface area contributed by atoms with Gasteiger partial charge in [-0.05, 0) is 43.7 Å². The molecule has 1 atom stereocenters. The second kappa shape index (κ2) is 7.61. The molecule has 7 nitrogen and oxygen atoms in total. The number of nitrogens with zero attached hydrogens (tertiary/aromatic N) is 5. The number of aromatic amines is 1. The van der Waals surface area contributed by atoms with Crippen LogP contribution < -0.4 is 4.74 Å². The molecule has 0 spiro atoms. The van der Waals surface area contributed by atoms with Gasteiger partial charge in [0.15, 0.2) is 5.82 Å². The molecule has 0 aliphatic carbocycles. The summed E-state index contributed by atoms with van der Waals surface area (Å²) in [6.45, 7) is 2.92. The Morgan fingerprint density at radius 2 is 1.96 bits per heavy atom. The van der Waals surface area contributed by atoms with Crippen LogP contribution in [0.25, 0.3) is 11.4 Å². The Bertz CT molecular complexity index is 816. The summed E-state index contributed by atoms with van der Waals surface area (Å²) in [6, 6.07) is 7.79. The minimum absolute atomic E-state index is 0.422. The predicted molar refractivity (Wildman–Crippen MR) is 97.7 cm³/mol. The average molecular weight is 350 g/mol. The van der Waals surface area contributed by atoms with E-state index in [-0.39, 0.29) is 0 Å². The molecular formula is C19H22N6O. The first-order chi connectivity index (χ1) is 12.8. The third kappa shape index (κ3) is 3.72. The molecule has 4 rings (SSSR count). The van der Waals surface area contributed by atoms with E-state index in [1.807, 2.05) is 36.7 Å². The number of piperidine rings is 1. The molecular weight excluding hydrogens is 328 g/mol. The Hall–Kier alpha value is -2.80.